The Morgan fingerprint density at radius 2 is 2.27 bits per heavy atom. The van der Waals surface area contributed by atoms with Crippen LogP contribution < -0.4 is 5.32 Å². The Labute approximate surface area is 93.3 Å². The Morgan fingerprint density at radius 3 is 2.73 bits per heavy atom. The molecule has 2 N–H and O–H groups in total. The summed E-state index contributed by atoms with van der Waals surface area (Å²) < 4.78 is 11.2. The lowest BCUT2D eigenvalue weighted by Gasteiger charge is -2.15. The molecule has 1 heterocycles. The summed E-state index contributed by atoms with van der Waals surface area (Å²) in [5.74, 6) is 0. The van der Waals surface area contributed by atoms with Crippen molar-refractivity contribution in [2.45, 2.75) is 32.1 Å². The van der Waals surface area contributed by atoms with Gasteiger partial charge in [-0.1, -0.05) is 0 Å². The summed E-state index contributed by atoms with van der Waals surface area (Å²) in [6, 6.07) is 0.245. The third-order valence-corrected chi connectivity index (χ3v) is 3.91. The SMILES string of the molecule is Cc1[nH]ncc1C(C)NCC(C)S(C)=O. The monoisotopic (exact) mass is 229 g/mol. The Kier molecular flexibility index (Phi) is 4.47. The zero-order valence-corrected chi connectivity index (χ0v) is 10.5. The maximum atomic E-state index is 11.2. The van der Waals surface area contributed by atoms with Crippen molar-refractivity contribution in [3.63, 3.8) is 0 Å². The van der Waals surface area contributed by atoms with E-state index >= 15 is 0 Å². The van der Waals surface area contributed by atoms with Gasteiger partial charge in [-0.15, -0.1) is 0 Å². The average molecular weight is 229 g/mol. The molecule has 0 spiro atoms. The number of hydrogen-bond acceptors (Lipinski definition) is 3. The molecule has 0 fully saturated rings. The zero-order valence-electron chi connectivity index (χ0n) is 9.70. The first-order valence-electron chi connectivity index (χ1n) is 5.07. The molecule has 3 unspecified atom stereocenters. The Morgan fingerprint density at radius 1 is 1.60 bits per heavy atom. The van der Waals surface area contributed by atoms with Gasteiger partial charge in [0, 0.05) is 46.1 Å². The van der Waals surface area contributed by atoms with Crippen molar-refractivity contribution in [2.24, 2.45) is 0 Å². The molecule has 15 heavy (non-hydrogen) atoms. The van der Waals surface area contributed by atoms with Gasteiger partial charge in [0.05, 0.1) is 6.20 Å². The topological polar surface area (TPSA) is 57.8 Å². The minimum atomic E-state index is -0.765. The summed E-state index contributed by atoms with van der Waals surface area (Å²) in [4.78, 5) is 0. The standard InChI is InChI=1S/C10H19N3OS/c1-7(15(4)14)5-11-8(2)10-6-12-13-9(10)3/h6-8,11H,5H2,1-4H3,(H,12,13). The minimum Gasteiger partial charge on any atom is -0.309 e. The van der Waals surface area contributed by atoms with E-state index in [9.17, 15) is 4.21 Å². The van der Waals surface area contributed by atoms with E-state index in [1.54, 1.807) is 6.26 Å². The number of aryl methyl sites for hydroxylation is 1. The first-order chi connectivity index (χ1) is 7.02. The molecule has 86 valence electrons. The van der Waals surface area contributed by atoms with Gasteiger partial charge in [0.25, 0.3) is 0 Å². The van der Waals surface area contributed by atoms with Gasteiger partial charge in [0.15, 0.2) is 0 Å². The smallest absolute Gasteiger partial charge is 0.0537 e. The van der Waals surface area contributed by atoms with Crippen LogP contribution in [0.5, 0.6) is 0 Å². The molecule has 0 saturated carbocycles. The molecule has 1 rings (SSSR count). The first-order valence-corrected chi connectivity index (χ1v) is 6.70. The molecule has 0 aliphatic heterocycles. The predicted molar refractivity (Wildman–Crippen MR) is 63.3 cm³/mol. The number of aromatic nitrogens is 2. The highest BCUT2D eigenvalue weighted by Crippen LogP contribution is 2.13. The third kappa shape index (κ3) is 3.43. The maximum absolute atomic E-state index is 11.2. The first kappa shape index (κ1) is 12.4. The molecule has 1 aromatic rings. The van der Waals surface area contributed by atoms with E-state index < -0.39 is 10.8 Å². The van der Waals surface area contributed by atoms with E-state index in [4.69, 9.17) is 0 Å². The lowest BCUT2D eigenvalue weighted by atomic mass is 10.1. The van der Waals surface area contributed by atoms with Crippen LogP contribution >= 0.6 is 0 Å². The van der Waals surface area contributed by atoms with Crippen LogP contribution in [0.15, 0.2) is 6.20 Å². The number of rotatable bonds is 5. The highest BCUT2D eigenvalue weighted by Gasteiger charge is 2.12. The van der Waals surface area contributed by atoms with Crippen molar-refractivity contribution < 1.29 is 4.21 Å². The van der Waals surface area contributed by atoms with E-state index in [0.29, 0.717) is 0 Å². The fourth-order valence-electron chi connectivity index (χ4n) is 1.37. The van der Waals surface area contributed by atoms with Crippen molar-refractivity contribution >= 4 is 10.8 Å². The second-order valence-electron chi connectivity index (χ2n) is 3.89. The van der Waals surface area contributed by atoms with Crippen LogP contribution in [0.3, 0.4) is 0 Å². The van der Waals surface area contributed by atoms with Crippen LogP contribution in [-0.2, 0) is 10.8 Å². The number of nitrogens with zero attached hydrogens (tertiary/aromatic N) is 1. The van der Waals surface area contributed by atoms with Crippen molar-refractivity contribution in [1.29, 1.82) is 0 Å². The Balaban J connectivity index is 2.47. The van der Waals surface area contributed by atoms with Crippen molar-refractivity contribution in [3.8, 4) is 0 Å². The van der Waals surface area contributed by atoms with Gasteiger partial charge in [-0.25, -0.2) is 0 Å². The molecule has 4 nitrogen and oxygen atoms in total. The fourth-order valence-corrected chi connectivity index (χ4v) is 1.70. The van der Waals surface area contributed by atoms with Crippen LogP contribution in [-0.4, -0.2) is 32.5 Å². The van der Waals surface area contributed by atoms with Gasteiger partial charge in [-0.05, 0) is 20.8 Å². The molecule has 0 aliphatic rings. The largest absolute Gasteiger partial charge is 0.309 e. The third-order valence-electron chi connectivity index (χ3n) is 2.61. The summed E-state index contributed by atoms with van der Waals surface area (Å²) >= 11 is 0. The number of hydrogen-bond donors (Lipinski definition) is 2. The lowest BCUT2D eigenvalue weighted by Crippen LogP contribution is -2.29. The number of aromatic amines is 1. The van der Waals surface area contributed by atoms with Gasteiger partial charge in [-0.2, -0.15) is 5.10 Å². The van der Waals surface area contributed by atoms with Crippen LogP contribution in [0.4, 0.5) is 0 Å². The molecule has 0 aliphatic carbocycles. The molecule has 3 atom stereocenters. The van der Waals surface area contributed by atoms with Crippen molar-refractivity contribution in [2.75, 3.05) is 12.8 Å². The van der Waals surface area contributed by atoms with E-state index in [1.807, 2.05) is 20.0 Å². The van der Waals surface area contributed by atoms with Gasteiger partial charge in [-0.3, -0.25) is 9.31 Å². The maximum Gasteiger partial charge on any atom is 0.0537 e. The van der Waals surface area contributed by atoms with Crippen molar-refractivity contribution in [3.05, 3.63) is 17.5 Å². The zero-order chi connectivity index (χ0) is 11.4. The van der Waals surface area contributed by atoms with Gasteiger partial charge >= 0.3 is 0 Å². The quantitative estimate of drug-likeness (QED) is 0.796. The molecule has 0 aromatic carbocycles. The second kappa shape index (κ2) is 5.42. The summed E-state index contributed by atoms with van der Waals surface area (Å²) in [6.45, 7) is 6.83. The predicted octanol–water partition coefficient (Wildman–Crippen LogP) is 1.14. The highest BCUT2D eigenvalue weighted by atomic mass is 32.2. The molecule has 0 bridgehead atoms. The lowest BCUT2D eigenvalue weighted by molar-refractivity contribution is 0.567. The van der Waals surface area contributed by atoms with Gasteiger partial charge in [0.2, 0.25) is 0 Å². The van der Waals surface area contributed by atoms with E-state index in [0.717, 1.165) is 12.2 Å². The van der Waals surface area contributed by atoms with Gasteiger partial charge < -0.3 is 5.32 Å². The van der Waals surface area contributed by atoms with Crippen LogP contribution in [0.1, 0.15) is 31.1 Å². The van der Waals surface area contributed by atoms with E-state index in [2.05, 4.69) is 22.4 Å². The highest BCUT2D eigenvalue weighted by molar-refractivity contribution is 7.84. The normalized spacial score (nSPS) is 17.3. The fraction of sp³-hybridized carbons (Fsp3) is 0.700. The minimum absolute atomic E-state index is 0.180. The molecular formula is C10H19N3OS. The Bertz CT molecular complexity index is 337. The van der Waals surface area contributed by atoms with Crippen LogP contribution in [0.2, 0.25) is 0 Å². The van der Waals surface area contributed by atoms with Crippen LogP contribution in [0.25, 0.3) is 0 Å². The second-order valence-corrected chi connectivity index (χ2v) is 5.69. The molecule has 0 radical (unpaired) electrons. The van der Waals surface area contributed by atoms with E-state index in [1.165, 1.54) is 5.56 Å². The van der Waals surface area contributed by atoms with E-state index in [-0.39, 0.29) is 11.3 Å². The van der Waals surface area contributed by atoms with Crippen LogP contribution in [0, 0.1) is 6.92 Å². The summed E-state index contributed by atoms with van der Waals surface area (Å²) in [7, 11) is -0.765. The average Bonchev–Trinajstić information content (AvgIpc) is 2.60. The molecular weight excluding hydrogens is 210 g/mol. The van der Waals surface area contributed by atoms with Gasteiger partial charge in [0.1, 0.15) is 0 Å². The number of nitrogens with one attached hydrogen (secondary N) is 2. The summed E-state index contributed by atoms with van der Waals surface area (Å²) in [5, 5.41) is 10.4. The number of H-pyrrole nitrogens is 1. The molecule has 0 amide bonds. The summed E-state index contributed by atoms with van der Waals surface area (Å²) in [6.07, 6.45) is 3.57. The molecule has 1 aromatic heterocycles. The molecule has 5 heteroatoms. The summed E-state index contributed by atoms with van der Waals surface area (Å²) in [5.41, 5.74) is 2.25. The molecule has 0 saturated heterocycles. The van der Waals surface area contributed by atoms with Crippen molar-refractivity contribution in [1.82, 2.24) is 15.5 Å². The Hall–Kier alpha value is -0.680.